The van der Waals surface area contributed by atoms with Gasteiger partial charge >= 0.3 is 0 Å². The van der Waals surface area contributed by atoms with Gasteiger partial charge in [-0.15, -0.1) is 0 Å². The molecule has 1 atom stereocenters. The molecule has 6 nitrogen and oxygen atoms in total. The van der Waals surface area contributed by atoms with Gasteiger partial charge in [0, 0.05) is 18.4 Å². The molecular weight excluding hydrogens is 376 g/mol. The molecule has 2 aliphatic rings. The number of carbonyl (C=O) groups is 2. The fourth-order valence-electron chi connectivity index (χ4n) is 4.41. The zero-order valence-electron chi connectivity index (χ0n) is 17.6. The molecule has 1 N–H and O–H groups in total. The van der Waals surface area contributed by atoms with Crippen molar-refractivity contribution in [3.63, 3.8) is 0 Å². The van der Waals surface area contributed by atoms with E-state index in [-0.39, 0.29) is 24.3 Å². The Balaban J connectivity index is 1.40. The van der Waals surface area contributed by atoms with Crippen molar-refractivity contribution >= 4 is 17.5 Å². The molecule has 0 aliphatic carbocycles. The lowest BCUT2D eigenvalue weighted by molar-refractivity contribution is -0.121. The molecule has 1 fully saturated rings. The van der Waals surface area contributed by atoms with E-state index in [9.17, 15) is 9.59 Å². The van der Waals surface area contributed by atoms with E-state index in [0.29, 0.717) is 17.8 Å². The van der Waals surface area contributed by atoms with Crippen LogP contribution < -0.4 is 10.2 Å². The molecule has 2 amide bonds. The number of hydrogen-bond acceptors (Lipinski definition) is 4. The smallest absolute Gasteiger partial charge is 0.260 e. The van der Waals surface area contributed by atoms with Crippen molar-refractivity contribution in [1.29, 1.82) is 0 Å². The highest BCUT2D eigenvalue weighted by atomic mass is 16.2. The molecule has 6 heteroatoms. The molecule has 30 heavy (non-hydrogen) atoms. The topological polar surface area (TPSA) is 65.5 Å². The predicted molar refractivity (Wildman–Crippen MR) is 118 cm³/mol. The normalized spacial score (nSPS) is 19.0. The molecule has 1 saturated heterocycles. The van der Waals surface area contributed by atoms with Crippen molar-refractivity contribution in [3.05, 3.63) is 59.4 Å². The van der Waals surface area contributed by atoms with Crippen LogP contribution in [-0.2, 0) is 4.79 Å². The number of aromatic nitrogens is 1. The third kappa shape index (κ3) is 4.54. The molecule has 1 aromatic heterocycles. The zero-order chi connectivity index (χ0) is 20.9. The summed E-state index contributed by atoms with van der Waals surface area (Å²) in [7, 11) is 0. The van der Waals surface area contributed by atoms with Crippen LogP contribution in [0.15, 0.2) is 42.6 Å². The van der Waals surface area contributed by atoms with Gasteiger partial charge in [-0.25, -0.2) is 0 Å². The van der Waals surface area contributed by atoms with Gasteiger partial charge in [-0.1, -0.05) is 24.1 Å². The number of anilines is 1. The average molecular weight is 407 g/mol. The van der Waals surface area contributed by atoms with E-state index in [1.54, 1.807) is 23.2 Å². The number of benzene rings is 1. The summed E-state index contributed by atoms with van der Waals surface area (Å²) in [6.07, 6.45) is 6.75. The minimum atomic E-state index is -0.376. The second-order valence-electron chi connectivity index (χ2n) is 8.27. The summed E-state index contributed by atoms with van der Waals surface area (Å²) in [6.45, 7) is 6.05. The number of rotatable bonds is 7. The number of piperidine rings is 1. The molecule has 1 aromatic carbocycles. The molecule has 2 aliphatic heterocycles. The van der Waals surface area contributed by atoms with Gasteiger partial charge in [0.25, 0.3) is 5.91 Å². The molecule has 2 aromatic rings. The SMILES string of the molecule is Cc1ccc(N2C(=O)c3cccnc3[C@@H]2CC(=O)NCCCN2CCCCC2)cc1. The van der Waals surface area contributed by atoms with E-state index >= 15 is 0 Å². The van der Waals surface area contributed by atoms with Gasteiger partial charge in [0.2, 0.25) is 5.91 Å². The molecule has 0 saturated carbocycles. The molecule has 0 unspecified atom stereocenters. The van der Waals surface area contributed by atoms with Crippen molar-refractivity contribution in [2.24, 2.45) is 0 Å². The lowest BCUT2D eigenvalue weighted by Gasteiger charge is -2.26. The molecular formula is C24H30N4O2. The number of nitrogens with one attached hydrogen (secondary N) is 1. The average Bonchev–Trinajstić information content (AvgIpc) is 3.04. The van der Waals surface area contributed by atoms with Gasteiger partial charge < -0.3 is 10.2 Å². The Labute approximate surface area is 178 Å². The van der Waals surface area contributed by atoms with Crippen LogP contribution in [-0.4, -0.2) is 47.9 Å². The second-order valence-corrected chi connectivity index (χ2v) is 8.27. The van der Waals surface area contributed by atoms with Crippen molar-refractivity contribution in [2.75, 3.05) is 31.1 Å². The van der Waals surface area contributed by atoms with Crippen LogP contribution in [0.25, 0.3) is 0 Å². The first-order chi connectivity index (χ1) is 14.6. The Morgan fingerprint density at radius 1 is 1.13 bits per heavy atom. The van der Waals surface area contributed by atoms with Crippen LogP contribution >= 0.6 is 0 Å². The Morgan fingerprint density at radius 3 is 2.67 bits per heavy atom. The highest BCUT2D eigenvalue weighted by Crippen LogP contribution is 2.38. The third-order valence-corrected chi connectivity index (χ3v) is 6.03. The van der Waals surface area contributed by atoms with E-state index in [2.05, 4.69) is 15.2 Å². The Bertz CT molecular complexity index is 890. The fourth-order valence-corrected chi connectivity index (χ4v) is 4.41. The van der Waals surface area contributed by atoms with Crippen molar-refractivity contribution in [2.45, 2.75) is 45.1 Å². The summed E-state index contributed by atoms with van der Waals surface area (Å²) in [5.41, 5.74) is 3.20. The summed E-state index contributed by atoms with van der Waals surface area (Å²) in [5, 5.41) is 3.04. The highest BCUT2D eigenvalue weighted by Gasteiger charge is 2.39. The number of nitrogens with zero attached hydrogens (tertiary/aromatic N) is 3. The van der Waals surface area contributed by atoms with Gasteiger partial charge in [-0.05, 0) is 70.1 Å². The van der Waals surface area contributed by atoms with Gasteiger partial charge in [0.05, 0.1) is 23.7 Å². The summed E-state index contributed by atoms with van der Waals surface area (Å²) >= 11 is 0. The van der Waals surface area contributed by atoms with E-state index in [4.69, 9.17) is 0 Å². The van der Waals surface area contributed by atoms with Crippen molar-refractivity contribution in [1.82, 2.24) is 15.2 Å². The Morgan fingerprint density at radius 2 is 1.90 bits per heavy atom. The van der Waals surface area contributed by atoms with Crippen LogP contribution in [0.2, 0.25) is 0 Å². The van der Waals surface area contributed by atoms with Crippen LogP contribution in [0.3, 0.4) is 0 Å². The fraction of sp³-hybridized carbons (Fsp3) is 0.458. The quantitative estimate of drug-likeness (QED) is 0.715. The summed E-state index contributed by atoms with van der Waals surface area (Å²) in [5.74, 6) is -0.132. The third-order valence-electron chi connectivity index (χ3n) is 6.03. The number of likely N-dealkylation sites (tertiary alicyclic amines) is 1. The first-order valence-electron chi connectivity index (χ1n) is 11.0. The van der Waals surface area contributed by atoms with Gasteiger partial charge in [-0.2, -0.15) is 0 Å². The molecule has 158 valence electrons. The zero-order valence-corrected chi connectivity index (χ0v) is 17.6. The van der Waals surface area contributed by atoms with E-state index in [1.807, 2.05) is 31.2 Å². The van der Waals surface area contributed by atoms with Crippen LogP contribution in [0.1, 0.15) is 59.8 Å². The standard InChI is InChI=1S/C24H30N4O2/c1-18-8-10-19(11-9-18)28-21(23-20(24(28)30)7-5-12-26-23)17-22(29)25-13-6-16-27-14-3-2-4-15-27/h5,7-12,21H,2-4,6,13-17H2,1H3,(H,25,29)/t21-/m0/s1. The molecule has 0 radical (unpaired) electrons. The number of hydrogen-bond donors (Lipinski definition) is 1. The second kappa shape index (κ2) is 9.39. The number of fused-ring (bicyclic) bond motifs is 1. The van der Waals surface area contributed by atoms with Crippen molar-refractivity contribution in [3.8, 4) is 0 Å². The first kappa shape index (κ1) is 20.5. The van der Waals surface area contributed by atoms with Crippen LogP contribution in [0, 0.1) is 6.92 Å². The molecule has 4 rings (SSSR count). The lowest BCUT2D eigenvalue weighted by atomic mass is 10.1. The largest absolute Gasteiger partial charge is 0.356 e. The highest BCUT2D eigenvalue weighted by molar-refractivity contribution is 6.11. The number of pyridine rings is 1. The maximum atomic E-state index is 13.1. The Hall–Kier alpha value is -2.73. The first-order valence-corrected chi connectivity index (χ1v) is 11.0. The van der Waals surface area contributed by atoms with Crippen LogP contribution in [0.5, 0.6) is 0 Å². The predicted octanol–water partition coefficient (Wildman–Crippen LogP) is 3.47. The van der Waals surface area contributed by atoms with Crippen LogP contribution in [0.4, 0.5) is 5.69 Å². The summed E-state index contributed by atoms with van der Waals surface area (Å²) in [6, 6.07) is 11.0. The summed E-state index contributed by atoms with van der Waals surface area (Å²) in [4.78, 5) is 34.4. The molecule has 3 heterocycles. The van der Waals surface area contributed by atoms with E-state index < -0.39 is 0 Å². The molecule has 0 bridgehead atoms. The van der Waals surface area contributed by atoms with Gasteiger partial charge in [0.1, 0.15) is 0 Å². The maximum absolute atomic E-state index is 13.1. The van der Waals surface area contributed by atoms with Gasteiger partial charge in [0.15, 0.2) is 0 Å². The maximum Gasteiger partial charge on any atom is 0.260 e. The number of aryl methyl sites for hydroxylation is 1. The van der Waals surface area contributed by atoms with Crippen molar-refractivity contribution < 1.29 is 9.59 Å². The Kier molecular flexibility index (Phi) is 6.43. The minimum Gasteiger partial charge on any atom is -0.356 e. The number of amides is 2. The monoisotopic (exact) mass is 406 g/mol. The lowest BCUT2D eigenvalue weighted by Crippen LogP contribution is -2.35. The van der Waals surface area contributed by atoms with E-state index in [0.717, 1.165) is 24.2 Å². The van der Waals surface area contributed by atoms with E-state index in [1.165, 1.54) is 32.4 Å². The molecule has 0 spiro atoms. The summed E-state index contributed by atoms with van der Waals surface area (Å²) < 4.78 is 0. The minimum absolute atomic E-state index is 0.0398. The number of carbonyl (C=O) groups excluding carboxylic acids is 2. The van der Waals surface area contributed by atoms with Gasteiger partial charge in [-0.3, -0.25) is 19.5 Å².